The van der Waals surface area contributed by atoms with Crippen LogP contribution in [0.15, 0.2) is 63.9 Å². The summed E-state index contributed by atoms with van der Waals surface area (Å²) in [6.07, 6.45) is 1.46. The number of aromatic nitrogens is 4. The van der Waals surface area contributed by atoms with Crippen molar-refractivity contribution in [1.29, 1.82) is 0 Å². The number of esters is 1. The maximum Gasteiger partial charge on any atom is 0.434 e. The summed E-state index contributed by atoms with van der Waals surface area (Å²) in [6.45, 7) is 3.43. The molecule has 5 rings (SSSR count). The number of nitrogens with zero attached hydrogens (tertiary/aromatic N) is 3. The second-order valence-corrected chi connectivity index (χ2v) is 8.45. The van der Waals surface area contributed by atoms with Crippen LogP contribution < -0.4 is 16.4 Å². The second kappa shape index (κ2) is 8.69. The number of aliphatic hydroxyl groups excluding tert-OH is 1. The molecule has 1 aliphatic heterocycles. The zero-order valence-corrected chi connectivity index (χ0v) is 18.9. The van der Waals surface area contributed by atoms with Crippen molar-refractivity contribution in [3.8, 4) is 11.5 Å². The van der Waals surface area contributed by atoms with Crippen molar-refractivity contribution < 1.29 is 19.1 Å². The predicted octanol–water partition coefficient (Wildman–Crippen LogP) is 3.11. The Labute approximate surface area is 199 Å². The minimum atomic E-state index is -0.747. The van der Waals surface area contributed by atoms with Gasteiger partial charge >= 0.3 is 11.7 Å². The summed E-state index contributed by atoms with van der Waals surface area (Å²) >= 11 is 0. The number of carbonyl (C=O) groups is 1. The first-order valence-corrected chi connectivity index (χ1v) is 10.8. The van der Waals surface area contributed by atoms with Gasteiger partial charge in [-0.3, -0.25) is 0 Å². The van der Waals surface area contributed by atoms with Crippen LogP contribution in [0.25, 0.3) is 11.5 Å². The van der Waals surface area contributed by atoms with Crippen molar-refractivity contribution in [2.75, 3.05) is 17.2 Å². The Balaban J connectivity index is 1.50. The van der Waals surface area contributed by atoms with Gasteiger partial charge in [-0.25, -0.2) is 19.7 Å². The quantitative estimate of drug-likeness (QED) is 0.294. The molecule has 0 unspecified atom stereocenters. The van der Waals surface area contributed by atoms with Crippen LogP contribution in [0.5, 0.6) is 0 Å². The number of hydrogen-bond donors (Lipinski definition) is 4. The van der Waals surface area contributed by atoms with E-state index in [1.807, 2.05) is 50.2 Å². The first kappa shape index (κ1) is 22.3. The summed E-state index contributed by atoms with van der Waals surface area (Å²) in [7, 11) is 0. The number of aliphatic hydroxyl groups is 1. The summed E-state index contributed by atoms with van der Waals surface area (Å²) < 4.78 is 10.5. The zero-order valence-electron chi connectivity index (χ0n) is 18.9. The third kappa shape index (κ3) is 4.36. The normalized spacial score (nSPS) is 14.8. The maximum atomic E-state index is 12.1. The van der Waals surface area contributed by atoms with Crippen molar-refractivity contribution in [3.63, 3.8) is 0 Å². The van der Waals surface area contributed by atoms with Gasteiger partial charge in [0, 0.05) is 17.4 Å². The second-order valence-electron chi connectivity index (χ2n) is 8.45. The molecule has 0 amide bonds. The van der Waals surface area contributed by atoms with E-state index in [1.165, 1.54) is 6.20 Å². The largest absolute Gasteiger partial charge is 0.451 e. The van der Waals surface area contributed by atoms with E-state index >= 15 is 0 Å². The molecule has 0 fully saturated rings. The van der Waals surface area contributed by atoms with Crippen LogP contribution >= 0.6 is 0 Å². The zero-order chi connectivity index (χ0) is 24.6. The number of ether oxygens (including phenoxy) is 1. The SMILES string of the molecule is CC1(C)OC(=O)c2ccc(Nc3ncc(-c4n[nH]c(=O)o4)c(N[C@H](CO)c4ccccc4)n3)cc21. The molecule has 1 atom stereocenters. The van der Waals surface area contributed by atoms with Crippen molar-refractivity contribution in [3.05, 3.63) is 82.0 Å². The highest BCUT2D eigenvalue weighted by molar-refractivity contribution is 5.95. The summed E-state index contributed by atoms with van der Waals surface area (Å²) in [5.41, 5.74) is 2.34. The fraction of sp³-hybridized carbons (Fsp3) is 0.208. The Morgan fingerprint density at radius 3 is 2.63 bits per heavy atom. The van der Waals surface area contributed by atoms with Crippen molar-refractivity contribution in [2.24, 2.45) is 0 Å². The molecule has 11 nitrogen and oxygen atoms in total. The Hall–Kier alpha value is -4.51. The fourth-order valence-electron chi connectivity index (χ4n) is 3.91. The molecular formula is C24H22N6O5. The average molecular weight is 474 g/mol. The molecule has 0 bridgehead atoms. The number of anilines is 3. The highest BCUT2D eigenvalue weighted by atomic mass is 16.6. The van der Waals surface area contributed by atoms with E-state index in [9.17, 15) is 14.7 Å². The average Bonchev–Trinajstić information content (AvgIpc) is 3.37. The molecule has 2 aromatic carbocycles. The van der Waals surface area contributed by atoms with E-state index in [4.69, 9.17) is 9.15 Å². The van der Waals surface area contributed by atoms with Gasteiger partial charge in [-0.2, -0.15) is 4.98 Å². The summed E-state index contributed by atoms with van der Waals surface area (Å²) in [6, 6.07) is 14.1. The molecule has 0 saturated carbocycles. The first-order chi connectivity index (χ1) is 16.8. The molecule has 11 heteroatoms. The van der Waals surface area contributed by atoms with E-state index in [2.05, 4.69) is 30.8 Å². The number of benzene rings is 2. The van der Waals surface area contributed by atoms with Gasteiger partial charge in [0.1, 0.15) is 11.4 Å². The molecular weight excluding hydrogens is 452 g/mol. The van der Waals surface area contributed by atoms with Crippen LogP contribution in [0.3, 0.4) is 0 Å². The number of hydrogen-bond acceptors (Lipinski definition) is 10. The third-order valence-electron chi connectivity index (χ3n) is 5.64. The van der Waals surface area contributed by atoms with E-state index in [0.29, 0.717) is 22.6 Å². The van der Waals surface area contributed by atoms with E-state index in [1.54, 1.807) is 12.1 Å². The fourth-order valence-corrected chi connectivity index (χ4v) is 3.91. The highest BCUT2D eigenvalue weighted by Crippen LogP contribution is 2.37. The lowest BCUT2D eigenvalue weighted by molar-refractivity contribution is 0.00954. The Morgan fingerprint density at radius 1 is 1.11 bits per heavy atom. The van der Waals surface area contributed by atoms with Crippen LogP contribution in [0.2, 0.25) is 0 Å². The number of cyclic esters (lactones) is 1. The molecule has 4 N–H and O–H groups in total. The van der Waals surface area contributed by atoms with E-state index in [0.717, 1.165) is 11.1 Å². The minimum Gasteiger partial charge on any atom is -0.451 e. The summed E-state index contributed by atoms with van der Waals surface area (Å²) in [4.78, 5) is 32.5. The molecule has 4 aromatic rings. The predicted molar refractivity (Wildman–Crippen MR) is 126 cm³/mol. The van der Waals surface area contributed by atoms with Crippen LogP contribution in [0, 0.1) is 0 Å². The Morgan fingerprint density at radius 2 is 1.91 bits per heavy atom. The molecule has 0 radical (unpaired) electrons. The van der Waals surface area contributed by atoms with Crippen molar-refractivity contribution in [2.45, 2.75) is 25.5 Å². The molecule has 2 aromatic heterocycles. The number of aromatic amines is 1. The lowest BCUT2D eigenvalue weighted by atomic mass is 9.95. The van der Waals surface area contributed by atoms with E-state index < -0.39 is 17.4 Å². The molecule has 0 saturated heterocycles. The number of carbonyl (C=O) groups excluding carboxylic acids is 1. The lowest BCUT2D eigenvalue weighted by Gasteiger charge is -2.20. The van der Waals surface area contributed by atoms with Gasteiger partial charge < -0.3 is 24.9 Å². The van der Waals surface area contributed by atoms with Gasteiger partial charge in [0.25, 0.3) is 5.89 Å². The molecule has 1 aliphatic rings. The third-order valence-corrected chi connectivity index (χ3v) is 5.64. The number of fused-ring (bicyclic) bond motifs is 1. The van der Waals surface area contributed by atoms with Gasteiger partial charge in [0.15, 0.2) is 0 Å². The Kier molecular flexibility index (Phi) is 5.53. The molecule has 3 heterocycles. The molecule has 178 valence electrons. The standard InChI is InChI=1S/C24H22N6O5/c1-24(2)17-10-14(8-9-15(17)21(32)35-24)26-22-25-11-16(20-29-30-23(33)34-20)19(28-22)27-18(12-31)13-6-4-3-5-7-13/h3-11,18,31H,12H2,1-2H3,(H,30,33)(H2,25,26,27,28)/t18-/m1/s1. The molecule has 0 aliphatic carbocycles. The number of nitrogens with one attached hydrogen (secondary N) is 3. The van der Waals surface area contributed by atoms with Gasteiger partial charge in [-0.05, 0) is 37.6 Å². The lowest BCUT2D eigenvalue weighted by Crippen LogP contribution is -2.17. The van der Waals surface area contributed by atoms with Crippen LogP contribution in [0.1, 0.15) is 41.4 Å². The maximum absolute atomic E-state index is 12.1. The summed E-state index contributed by atoms with van der Waals surface area (Å²) in [5, 5.41) is 22.4. The molecule has 0 spiro atoms. The first-order valence-electron chi connectivity index (χ1n) is 10.8. The van der Waals surface area contributed by atoms with Crippen LogP contribution in [-0.2, 0) is 10.3 Å². The minimum absolute atomic E-state index is 0.00347. The smallest absolute Gasteiger partial charge is 0.434 e. The van der Waals surface area contributed by atoms with Gasteiger partial charge in [-0.1, -0.05) is 30.3 Å². The Bertz CT molecular complexity index is 1450. The van der Waals surface area contributed by atoms with Gasteiger partial charge in [0.2, 0.25) is 5.95 Å². The monoisotopic (exact) mass is 474 g/mol. The topological polar surface area (TPSA) is 155 Å². The van der Waals surface area contributed by atoms with Crippen LogP contribution in [-0.4, -0.2) is 37.8 Å². The van der Waals surface area contributed by atoms with Gasteiger partial charge in [-0.15, -0.1) is 5.10 Å². The van der Waals surface area contributed by atoms with Crippen molar-refractivity contribution in [1.82, 2.24) is 20.2 Å². The van der Waals surface area contributed by atoms with Crippen molar-refractivity contribution >= 4 is 23.4 Å². The van der Waals surface area contributed by atoms with Crippen LogP contribution in [0.4, 0.5) is 17.5 Å². The highest BCUT2D eigenvalue weighted by Gasteiger charge is 2.37. The van der Waals surface area contributed by atoms with E-state index in [-0.39, 0.29) is 24.4 Å². The summed E-state index contributed by atoms with van der Waals surface area (Å²) in [5.74, 6) is -0.543. The molecule has 35 heavy (non-hydrogen) atoms. The number of H-pyrrole nitrogens is 1. The number of rotatable bonds is 7. The van der Waals surface area contributed by atoms with Gasteiger partial charge in [0.05, 0.1) is 23.8 Å².